The zero-order valence-electron chi connectivity index (χ0n) is 10.6. The van der Waals surface area contributed by atoms with E-state index in [0.29, 0.717) is 0 Å². The number of rotatable bonds is 6. The highest BCUT2D eigenvalue weighted by Gasteiger charge is 1.99. The van der Waals surface area contributed by atoms with Crippen molar-refractivity contribution in [1.82, 2.24) is 14.3 Å². The van der Waals surface area contributed by atoms with Gasteiger partial charge in [0.15, 0.2) is 0 Å². The smallest absolute Gasteiger partial charge is 0.0729 e. The molecule has 0 fully saturated rings. The summed E-state index contributed by atoms with van der Waals surface area (Å²) in [5.41, 5.74) is 2.39. The van der Waals surface area contributed by atoms with Crippen LogP contribution in [0.3, 0.4) is 0 Å². The maximum absolute atomic E-state index is 4.23. The van der Waals surface area contributed by atoms with Crippen molar-refractivity contribution in [3.05, 3.63) is 36.4 Å². The summed E-state index contributed by atoms with van der Waals surface area (Å²) in [5, 5.41) is 7.60. The summed E-state index contributed by atoms with van der Waals surface area (Å²) in [5.74, 6) is 0. The van der Waals surface area contributed by atoms with Gasteiger partial charge in [0, 0.05) is 38.2 Å². The van der Waals surface area contributed by atoms with Crippen LogP contribution in [0, 0.1) is 0 Å². The van der Waals surface area contributed by atoms with Gasteiger partial charge < -0.3 is 9.88 Å². The fourth-order valence-corrected chi connectivity index (χ4v) is 1.82. The van der Waals surface area contributed by atoms with Crippen LogP contribution < -0.4 is 5.32 Å². The van der Waals surface area contributed by atoms with Crippen LogP contribution in [0.25, 0.3) is 0 Å². The predicted molar refractivity (Wildman–Crippen MR) is 70.0 cm³/mol. The maximum Gasteiger partial charge on any atom is 0.0729 e. The molecule has 0 aromatic carbocycles. The molecule has 92 valence electrons. The Bertz CT molecular complexity index is 455. The molecule has 1 N–H and O–H groups in total. The van der Waals surface area contributed by atoms with Gasteiger partial charge in [0.2, 0.25) is 0 Å². The number of anilines is 1. The monoisotopic (exact) mass is 232 g/mol. The number of hydrogen-bond acceptors (Lipinski definition) is 2. The van der Waals surface area contributed by atoms with Crippen LogP contribution in [0.2, 0.25) is 0 Å². The lowest BCUT2D eigenvalue weighted by Gasteiger charge is -2.01. The van der Waals surface area contributed by atoms with Crippen LogP contribution in [0.1, 0.15) is 25.8 Å². The largest absolute Gasteiger partial charge is 0.378 e. The molecule has 0 atom stereocenters. The summed E-state index contributed by atoms with van der Waals surface area (Å²) in [6, 6.07) is 2.16. The van der Waals surface area contributed by atoms with Gasteiger partial charge in [-0.2, -0.15) is 5.10 Å². The van der Waals surface area contributed by atoms with E-state index < -0.39 is 0 Å². The second kappa shape index (κ2) is 5.57. The SMILES string of the molecule is CCCn1ccc(CNc2cnn(CC)c2)c1. The molecule has 4 heteroatoms. The number of nitrogens with one attached hydrogen (secondary N) is 1. The van der Waals surface area contributed by atoms with E-state index in [1.165, 1.54) is 12.0 Å². The van der Waals surface area contributed by atoms with Gasteiger partial charge in [-0.15, -0.1) is 0 Å². The first-order valence-corrected chi connectivity index (χ1v) is 6.22. The Hall–Kier alpha value is -1.71. The first kappa shape index (κ1) is 11.8. The Kier molecular flexibility index (Phi) is 3.85. The second-order valence-corrected chi connectivity index (χ2v) is 4.20. The first-order valence-electron chi connectivity index (χ1n) is 6.22. The van der Waals surface area contributed by atoms with Crippen LogP contribution in [0.4, 0.5) is 5.69 Å². The van der Waals surface area contributed by atoms with Crippen LogP contribution in [-0.4, -0.2) is 14.3 Å². The molecule has 0 aliphatic heterocycles. The summed E-state index contributed by atoms with van der Waals surface area (Å²) < 4.78 is 4.15. The Morgan fingerprint density at radius 1 is 1.29 bits per heavy atom. The van der Waals surface area contributed by atoms with Gasteiger partial charge in [-0.1, -0.05) is 6.92 Å². The average molecular weight is 232 g/mol. The standard InChI is InChI=1S/C13H20N4/c1-3-6-16-7-5-12(10-16)8-14-13-9-15-17(4-2)11-13/h5,7,9-11,14H,3-4,6,8H2,1-2H3. The van der Waals surface area contributed by atoms with E-state index in [0.717, 1.165) is 25.3 Å². The van der Waals surface area contributed by atoms with Gasteiger partial charge in [0.05, 0.1) is 11.9 Å². The highest BCUT2D eigenvalue weighted by atomic mass is 15.3. The third kappa shape index (κ3) is 3.12. The molecule has 0 aliphatic carbocycles. The van der Waals surface area contributed by atoms with E-state index in [1.54, 1.807) is 0 Å². The molecule has 2 aromatic heterocycles. The summed E-state index contributed by atoms with van der Waals surface area (Å²) in [7, 11) is 0. The molecular formula is C13H20N4. The van der Waals surface area contributed by atoms with Crippen molar-refractivity contribution in [2.75, 3.05) is 5.32 Å². The topological polar surface area (TPSA) is 34.8 Å². The number of aromatic nitrogens is 3. The third-order valence-electron chi connectivity index (χ3n) is 2.75. The molecule has 0 radical (unpaired) electrons. The Balaban J connectivity index is 1.88. The minimum absolute atomic E-state index is 0.853. The molecule has 2 heterocycles. The molecular weight excluding hydrogens is 212 g/mol. The summed E-state index contributed by atoms with van der Waals surface area (Å²) in [6.45, 7) is 7.13. The van der Waals surface area contributed by atoms with Crippen LogP contribution >= 0.6 is 0 Å². The van der Waals surface area contributed by atoms with E-state index in [2.05, 4.69) is 47.3 Å². The predicted octanol–water partition coefficient (Wildman–Crippen LogP) is 2.73. The van der Waals surface area contributed by atoms with E-state index in [1.807, 2.05) is 17.1 Å². The van der Waals surface area contributed by atoms with Crippen molar-refractivity contribution in [2.24, 2.45) is 0 Å². The third-order valence-corrected chi connectivity index (χ3v) is 2.75. The number of aryl methyl sites for hydroxylation is 2. The second-order valence-electron chi connectivity index (χ2n) is 4.20. The van der Waals surface area contributed by atoms with Crippen molar-refractivity contribution >= 4 is 5.69 Å². The minimum atomic E-state index is 0.853. The lowest BCUT2D eigenvalue weighted by atomic mass is 10.3. The van der Waals surface area contributed by atoms with E-state index in [-0.39, 0.29) is 0 Å². The van der Waals surface area contributed by atoms with Gasteiger partial charge in [-0.3, -0.25) is 4.68 Å². The van der Waals surface area contributed by atoms with E-state index >= 15 is 0 Å². The number of nitrogens with zero attached hydrogens (tertiary/aromatic N) is 3. The fourth-order valence-electron chi connectivity index (χ4n) is 1.82. The molecule has 0 saturated carbocycles. The zero-order valence-corrected chi connectivity index (χ0v) is 10.6. The Morgan fingerprint density at radius 2 is 2.18 bits per heavy atom. The maximum atomic E-state index is 4.23. The Morgan fingerprint density at radius 3 is 2.88 bits per heavy atom. The van der Waals surface area contributed by atoms with Crippen molar-refractivity contribution in [2.45, 2.75) is 39.9 Å². The molecule has 2 rings (SSSR count). The van der Waals surface area contributed by atoms with Gasteiger partial charge in [0.25, 0.3) is 0 Å². The van der Waals surface area contributed by atoms with Crippen molar-refractivity contribution in [3.8, 4) is 0 Å². The molecule has 17 heavy (non-hydrogen) atoms. The molecule has 2 aromatic rings. The van der Waals surface area contributed by atoms with Crippen LogP contribution in [0.5, 0.6) is 0 Å². The molecule has 0 amide bonds. The van der Waals surface area contributed by atoms with Crippen molar-refractivity contribution in [3.63, 3.8) is 0 Å². The normalized spacial score (nSPS) is 10.7. The van der Waals surface area contributed by atoms with Crippen LogP contribution in [0.15, 0.2) is 30.9 Å². The first-order chi connectivity index (χ1) is 8.31. The van der Waals surface area contributed by atoms with Gasteiger partial charge in [-0.05, 0) is 25.0 Å². The highest BCUT2D eigenvalue weighted by molar-refractivity contribution is 5.38. The van der Waals surface area contributed by atoms with E-state index in [9.17, 15) is 0 Å². The Labute approximate surface area is 102 Å². The lowest BCUT2D eigenvalue weighted by molar-refractivity contribution is 0.660. The molecule has 0 saturated heterocycles. The summed E-state index contributed by atoms with van der Waals surface area (Å²) in [4.78, 5) is 0. The highest BCUT2D eigenvalue weighted by Crippen LogP contribution is 2.08. The average Bonchev–Trinajstić information content (AvgIpc) is 2.95. The lowest BCUT2D eigenvalue weighted by Crippen LogP contribution is -1.98. The van der Waals surface area contributed by atoms with Gasteiger partial charge in [-0.25, -0.2) is 0 Å². The molecule has 0 aliphatic rings. The van der Waals surface area contributed by atoms with Crippen molar-refractivity contribution < 1.29 is 0 Å². The van der Waals surface area contributed by atoms with Crippen molar-refractivity contribution in [1.29, 1.82) is 0 Å². The molecule has 4 nitrogen and oxygen atoms in total. The molecule has 0 unspecified atom stereocenters. The number of hydrogen-bond donors (Lipinski definition) is 1. The fraction of sp³-hybridized carbons (Fsp3) is 0.462. The van der Waals surface area contributed by atoms with Gasteiger partial charge >= 0.3 is 0 Å². The van der Waals surface area contributed by atoms with E-state index in [4.69, 9.17) is 0 Å². The zero-order chi connectivity index (χ0) is 12.1. The summed E-state index contributed by atoms with van der Waals surface area (Å²) in [6.07, 6.45) is 9.40. The summed E-state index contributed by atoms with van der Waals surface area (Å²) >= 11 is 0. The van der Waals surface area contributed by atoms with Gasteiger partial charge in [0.1, 0.15) is 0 Å². The quantitative estimate of drug-likeness (QED) is 0.831. The molecule has 0 spiro atoms. The minimum Gasteiger partial charge on any atom is -0.378 e. The van der Waals surface area contributed by atoms with Crippen LogP contribution in [-0.2, 0) is 19.6 Å². The molecule has 0 bridgehead atoms.